The fourth-order valence-corrected chi connectivity index (χ4v) is 1.78. The molecule has 0 bridgehead atoms. The van der Waals surface area contributed by atoms with E-state index in [1.54, 1.807) is 0 Å². The van der Waals surface area contributed by atoms with Crippen LogP contribution < -0.4 is 15.4 Å². The third-order valence-corrected chi connectivity index (χ3v) is 2.86. The van der Waals surface area contributed by atoms with Gasteiger partial charge in [0.2, 0.25) is 11.9 Å². The highest BCUT2D eigenvalue weighted by atomic mass is 16.5. The van der Waals surface area contributed by atoms with Crippen molar-refractivity contribution in [2.75, 3.05) is 24.3 Å². The summed E-state index contributed by atoms with van der Waals surface area (Å²) in [5, 5.41) is 6.31. The Morgan fingerprint density at radius 2 is 2.00 bits per heavy atom. The fraction of sp³-hybridized carbons (Fsp3) is 0.500. The van der Waals surface area contributed by atoms with Gasteiger partial charge in [-0.15, -0.1) is 0 Å². The van der Waals surface area contributed by atoms with E-state index < -0.39 is 0 Å². The van der Waals surface area contributed by atoms with Crippen LogP contribution in [-0.2, 0) is 0 Å². The molecule has 2 heterocycles. The topological polar surface area (TPSA) is 85.1 Å². The number of aromatic nitrogens is 3. The highest BCUT2D eigenvalue weighted by molar-refractivity contribution is 5.37. The van der Waals surface area contributed by atoms with Crippen molar-refractivity contribution in [2.24, 2.45) is 0 Å². The van der Waals surface area contributed by atoms with E-state index in [-0.39, 0.29) is 12.1 Å². The van der Waals surface area contributed by atoms with Gasteiger partial charge in [-0.3, -0.25) is 0 Å². The molecule has 2 aromatic heterocycles. The number of anilines is 2. The molecule has 2 aromatic rings. The van der Waals surface area contributed by atoms with Gasteiger partial charge < -0.3 is 19.8 Å². The summed E-state index contributed by atoms with van der Waals surface area (Å²) in [5.41, 5.74) is 0. The summed E-state index contributed by atoms with van der Waals surface area (Å²) in [7, 11) is 1.53. The molecule has 7 heteroatoms. The highest BCUT2D eigenvalue weighted by Crippen LogP contribution is 2.20. The van der Waals surface area contributed by atoms with Crippen LogP contribution in [0.25, 0.3) is 0 Å². The minimum Gasteiger partial charge on any atom is -0.467 e. The fourth-order valence-electron chi connectivity index (χ4n) is 1.78. The molecule has 2 rings (SSSR count). The smallest absolute Gasteiger partial charge is 0.322 e. The molecular formula is C14H21N5O2. The van der Waals surface area contributed by atoms with Crippen LogP contribution in [0.15, 0.2) is 16.5 Å². The second-order valence-corrected chi connectivity index (χ2v) is 4.71. The first-order valence-corrected chi connectivity index (χ1v) is 6.99. The minimum atomic E-state index is -0.0511. The van der Waals surface area contributed by atoms with Gasteiger partial charge in [0.1, 0.15) is 11.5 Å². The molecule has 0 saturated heterocycles. The standard InChI is InChI=1S/C14H21N5O2/c1-5-8-15-12-17-13(19-14(18-12)20-4)16-10(3)11-7-6-9(2)21-11/h6-7,10H,5,8H2,1-4H3,(H2,15,16,17,18,19). The van der Waals surface area contributed by atoms with Crippen molar-refractivity contribution in [1.82, 2.24) is 15.0 Å². The summed E-state index contributed by atoms with van der Waals surface area (Å²) in [4.78, 5) is 12.7. The summed E-state index contributed by atoms with van der Waals surface area (Å²) >= 11 is 0. The number of hydrogen-bond donors (Lipinski definition) is 2. The molecule has 0 aliphatic heterocycles. The van der Waals surface area contributed by atoms with Gasteiger partial charge in [0.15, 0.2) is 0 Å². The van der Waals surface area contributed by atoms with Gasteiger partial charge in [-0.25, -0.2) is 0 Å². The second kappa shape index (κ2) is 6.92. The van der Waals surface area contributed by atoms with Crippen LogP contribution in [0.4, 0.5) is 11.9 Å². The Balaban J connectivity index is 2.14. The lowest BCUT2D eigenvalue weighted by molar-refractivity contribution is 0.379. The molecule has 1 atom stereocenters. The van der Waals surface area contributed by atoms with E-state index in [0.29, 0.717) is 11.9 Å². The molecule has 2 N–H and O–H groups in total. The van der Waals surface area contributed by atoms with Crippen molar-refractivity contribution in [3.05, 3.63) is 23.7 Å². The zero-order valence-electron chi connectivity index (χ0n) is 12.8. The Morgan fingerprint density at radius 1 is 1.24 bits per heavy atom. The van der Waals surface area contributed by atoms with E-state index in [9.17, 15) is 0 Å². The molecule has 0 radical (unpaired) electrons. The maximum absolute atomic E-state index is 5.59. The van der Waals surface area contributed by atoms with Crippen molar-refractivity contribution >= 4 is 11.9 Å². The van der Waals surface area contributed by atoms with E-state index in [4.69, 9.17) is 9.15 Å². The van der Waals surface area contributed by atoms with Crippen LogP contribution in [0, 0.1) is 6.92 Å². The summed E-state index contributed by atoms with van der Waals surface area (Å²) in [6.45, 7) is 6.76. The lowest BCUT2D eigenvalue weighted by Crippen LogP contribution is -2.13. The zero-order chi connectivity index (χ0) is 15.2. The van der Waals surface area contributed by atoms with E-state index in [1.807, 2.05) is 26.0 Å². The number of nitrogens with zero attached hydrogens (tertiary/aromatic N) is 3. The Labute approximate surface area is 124 Å². The first kappa shape index (κ1) is 15.1. The van der Waals surface area contributed by atoms with Crippen molar-refractivity contribution in [2.45, 2.75) is 33.2 Å². The number of methoxy groups -OCH3 is 1. The Morgan fingerprint density at radius 3 is 2.62 bits per heavy atom. The lowest BCUT2D eigenvalue weighted by atomic mass is 10.2. The monoisotopic (exact) mass is 291 g/mol. The molecule has 7 nitrogen and oxygen atoms in total. The molecule has 0 aliphatic rings. The number of hydrogen-bond acceptors (Lipinski definition) is 7. The molecule has 0 spiro atoms. The predicted octanol–water partition coefficient (Wildman–Crippen LogP) is 2.78. The molecule has 0 fully saturated rings. The predicted molar refractivity (Wildman–Crippen MR) is 80.6 cm³/mol. The number of furan rings is 1. The van der Waals surface area contributed by atoms with Crippen molar-refractivity contribution in [1.29, 1.82) is 0 Å². The molecule has 0 amide bonds. The summed E-state index contributed by atoms with van der Waals surface area (Å²) in [5.74, 6) is 2.64. The van der Waals surface area contributed by atoms with Gasteiger partial charge >= 0.3 is 6.01 Å². The zero-order valence-corrected chi connectivity index (χ0v) is 12.8. The minimum absolute atomic E-state index is 0.0511. The molecule has 114 valence electrons. The summed E-state index contributed by atoms with van der Waals surface area (Å²) < 4.78 is 10.7. The van der Waals surface area contributed by atoms with E-state index in [0.717, 1.165) is 24.5 Å². The van der Waals surface area contributed by atoms with E-state index in [2.05, 4.69) is 32.5 Å². The summed E-state index contributed by atoms with van der Waals surface area (Å²) in [6, 6.07) is 4.08. The molecule has 0 aliphatic carbocycles. The van der Waals surface area contributed by atoms with Gasteiger partial charge in [-0.05, 0) is 32.4 Å². The average molecular weight is 291 g/mol. The molecule has 1 unspecified atom stereocenters. The Bertz CT molecular complexity index is 584. The number of rotatable bonds is 7. The average Bonchev–Trinajstić information content (AvgIpc) is 2.91. The van der Waals surface area contributed by atoms with Gasteiger partial charge in [0.05, 0.1) is 13.2 Å². The van der Waals surface area contributed by atoms with Crippen LogP contribution in [0.2, 0.25) is 0 Å². The van der Waals surface area contributed by atoms with Gasteiger partial charge in [0, 0.05) is 6.54 Å². The second-order valence-electron chi connectivity index (χ2n) is 4.71. The number of aryl methyl sites for hydroxylation is 1. The van der Waals surface area contributed by atoms with Crippen LogP contribution in [0.1, 0.15) is 37.8 Å². The van der Waals surface area contributed by atoms with Crippen LogP contribution in [-0.4, -0.2) is 28.6 Å². The van der Waals surface area contributed by atoms with Gasteiger partial charge in [-0.1, -0.05) is 6.92 Å². The van der Waals surface area contributed by atoms with Gasteiger partial charge in [0.25, 0.3) is 0 Å². The Hall–Kier alpha value is -2.31. The third kappa shape index (κ3) is 4.08. The molecule has 0 saturated carbocycles. The van der Waals surface area contributed by atoms with E-state index >= 15 is 0 Å². The van der Waals surface area contributed by atoms with Crippen LogP contribution in [0.3, 0.4) is 0 Å². The van der Waals surface area contributed by atoms with Crippen molar-refractivity contribution < 1.29 is 9.15 Å². The van der Waals surface area contributed by atoms with Crippen LogP contribution in [0.5, 0.6) is 6.01 Å². The quantitative estimate of drug-likeness (QED) is 0.811. The number of ether oxygens (including phenoxy) is 1. The number of nitrogens with one attached hydrogen (secondary N) is 2. The van der Waals surface area contributed by atoms with Crippen molar-refractivity contribution in [3.8, 4) is 6.01 Å². The normalized spacial score (nSPS) is 12.0. The maximum Gasteiger partial charge on any atom is 0.322 e. The molecule has 0 aromatic carbocycles. The first-order valence-electron chi connectivity index (χ1n) is 6.99. The van der Waals surface area contributed by atoms with E-state index in [1.165, 1.54) is 7.11 Å². The van der Waals surface area contributed by atoms with Crippen LogP contribution >= 0.6 is 0 Å². The summed E-state index contributed by atoms with van der Waals surface area (Å²) in [6.07, 6.45) is 0.985. The Kier molecular flexibility index (Phi) is 4.97. The largest absolute Gasteiger partial charge is 0.467 e. The molecule has 21 heavy (non-hydrogen) atoms. The highest BCUT2D eigenvalue weighted by Gasteiger charge is 2.13. The third-order valence-electron chi connectivity index (χ3n) is 2.86. The SMILES string of the molecule is CCCNc1nc(NC(C)c2ccc(C)o2)nc(OC)n1. The maximum atomic E-state index is 5.59. The first-order chi connectivity index (χ1) is 10.1. The lowest BCUT2D eigenvalue weighted by Gasteiger charge is -2.13. The van der Waals surface area contributed by atoms with Gasteiger partial charge in [-0.2, -0.15) is 15.0 Å². The molecular weight excluding hydrogens is 270 g/mol. The van der Waals surface area contributed by atoms with Crippen molar-refractivity contribution in [3.63, 3.8) is 0 Å².